The van der Waals surface area contributed by atoms with Gasteiger partial charge in [-0.2, -0.15) is 5.26 Å². The van der Waals surface area contributed by atoms with Crippen molar-refractivity contribution in [3.05, 3.63) is 35.6 Å². The molecule has 0 spiro atoms. The molecule has 0 heterocycles. The van der Waals surface area contributed by atoms with Crippen LogP contribution in [0.1, 0.15) is 5.56 Å². The van der Waals surface area contributed by atoms with Crippen LogP contribution >= 0.6 is 7.60 Å². The number of hydrogen-bond acceptors (Lipinski definition) is 5. The van der Waals surface area contributed by atoms with Crippen molar-refractivity contribution in [1.29, 1.82) is 5.26 Å². The van der Waals surface area contributed by atoms with Gasteiger partial charge in [0.1, 0.15) is 11.9 Å². The van der Waals surface area contributed by atoms with Gasteiger partial charge in [0.2, 0.25) is 0 Å². The third kappa shape index (κ3) is 2.24. The van der Waals surface area contributed by atoms with Crippen LogP contribution in [0.25, 0.3) is 0 Å². The zero-order chi connectivity index (χ0) is 13.1. The molecule has 0 aliphatic rings. The molecule has 0 amide bonds. The molecule has 1 atom stereocenters. The Balaban J connectivity index is 3.36. The molecule has 1 aromatic rings. The van der Waals surface area contributed by atoms with E-state index in [9.17, 15) is 14.1 Å². The lowest BCUT2D eigenvalue weighted by molar-refractivity contribution is 0.124. The first-order valence-corrected chi connectivity index (χ1v) is 6.09. The second kappa shape index (κ2) is 4.94. The molecule has 1 unspecified atom stereocenters. The van der Waals surface area contributed by atoms with Gasteiger partial charge < -0.3 is 14.2 Å². The molecular weight excluding hydrogens is 248 g/mol. The highest BCUT2D eigenvalue weighted by molar-refractivity contribution is 7.55. The Morgan fingerprint density at radius 1 is 1.35 bits per heavy atom. The fourth-order valence-corrected chi connectivity index (χ4v) is 2.57. The Morgan fingerprint density at radius 2 is 1.82 bits per heavy atom. The molecule has 0 saturated heterocycles. The van der Waals surface area contributed by atoms with Gasteiger partial charge in [-0.3, -0.25) is 4.57 Å². The molecule has 0 aliphatic carbocycles. The van der Waals surface area contributed by atoms with Crippen molar-refractivity contribution >= 4 is 7.60 Å². The summed E-state index contributed by atoms with van der Waals surface area (Å²) in [5.41, 5.74) is -0.0616. The summed E-state index contributed by atoms with van der Waals surface area (Å²) in [6.45, 7) is 0. The molecule has 0 aromatic heterocycles. The first kappa shape index (κ1) is 13.8. The maximum Gasteiger partial charge on any atom is 0.380 e. The Bertz CT molecular complexity index is 476. The van der Waals surface area contributed by atoms with Crippen molar-refractivity contribution in [1.82, 2.24) is 0 Å². The summed E-state index contributed by atoms with van der Waals surface area (Å²) in [5, 5.41) is 16.6. The van der Waals surface area contributed by atoms with Crippen molar-refractivity contribution in [3.8, 4) is 6.07 Å². The standard InChI is InChI=1S/C10H11FNO4P/c1-15-17(14,16-2)10(13,7-12)8-3-5-9(11)6-4-8/h3-6,13H,1-2H3. The fourth-order valence-electron chi connectivity index (χ4n) is 1.30. The third-order valence-electron chi connectivity index (χ3n) is 2.28. The molecule has 1 aromatic carbocycles. The van der Waals surface area contributed by atoms with Crippen molar-refractivity contribution in [2.45, 2.75) is 5.34 Å². The number of nitrogens with zero attached hydrogens (tertiary/aromatic N) is 1. The van der Waals surface area contributed by atoms with Crippen molar-refractivity contribution < 1.29 is 23.1 Å². The SMILES string of the molecule is COP(=O)(OC)C(O)(C#N)c1ccc(F)cc1. The average Bonchev–Trinajstić information content (AvgIpc) is 2.37. The van der Waals surface area contributed by atoms with E-state index in [1.54, 1.807) is 0 Å². The van der Waals surface area contributed by atoms with E-state index in [0.717, 1.165) is 38.5 Å². The fraction of sp³-hybridized carbons (Fsp3) is 0.300. The number of hydrogen-bond donors (Lipinski definition) is 1. The lowest BCUT2D eigenvalue weighted by Gasteiger charge is -2.27. The summed E-state index contributed by atoms with van der Waals surface area (Å²) in [5.74, 6) is -0.543. The molecule has 92 valence electrons. The van der Waals surface area contributed by atoms with E-state index < -0.39 is 18.8 Å². The summed E-state index contributed by atoms with van der Waals surface area (Å²) >= 11 is 0. The van der Waals surface area contributed by atoms with E-state index in [0.29, 0.717) is 0 Å². The predicted octanol–water partition coefficient (Wildman–Crippen LogP) is 1.98. The molecule has 5 nitrogen and oxygen atoms in total. The molecule has 17 heavy (non-hydrogen) atoms. The third-order valence-corrected chi connectivity index (χ3v) is 4.39. The van der Waals surface area contributed by atoms with E-state index in [1.165, 1.54) is 6.07 Å². The molecule has 0 bridgehead atoms. The Labute approximate surface area is 97.9 Å². The largest absolute Gasteiger partial charge is 0.380 e. The highest BCUT2D eigenvalue weighted by atomic mass is 31.2. The van der Waals surface area contributed by atoms with Crippen LogP contribution in [0.15, 0.2) is 24.3 Å². The first-order valence-electron chi connectivity index (χ1n) is 4.55. The Hall–Kier alpha value is -1.25. The van der Waals surface area contributed by atoms with Crippen molar-refractivity contribution in [3.63, 3.8) is 0 Å². The quantitative estimate of drug-likeness (QED) is 0.660. The second-order valence-corrected chi connectivity index (χ2v) is 5.53. The molecule has 1 N–H and O–H groups in total. The van der Waals surface area contributed by atoms with Crippen LogP contribution in [-0.2, 0) is 19.0 Å². The minimum Gasteiger partial charge on any atom is -0.362 e. The van der Waals surface area contributed by atoms with Gasteiger partial charge in [-0.1, -0.05) is 12.1 Å². The number of benzene rings is 1. The van der Waals surface area contributed by atoms with E-state index in [1.807, 2.05) is 0 Å². The predicted molar refractivity (Wildman–Crippen MR) is 57.5 cm³/mol. The highest BCUT2D eigenvalue weighted by Crippen LogP contribution is 2.62. The maximum atomic E-state index is 12.7. The van der Waals surface area contributed by atoms with Crippen LogP contribution in [0.2, 0.25) is 0 Å². The van der Waals surface area contributed by atoms with Crippen LogP contribution < -0.4 is 0 Å². The van der Waals surface area contributed by atoms with Crippen LogP contribution in [0.3, 0.4) is 0 Å². The van der Waals surface area contributed by atoms with Gasteiger partial charge >= 0.3 is 7.60 Å². The van der Waals surface area contributed by atoms with Crippen LogP contribution in [0.5, 0.6) is 0 Å². The van der Waals surface area contributed by atoms with Gasteiger partial charge in [-0.15, -0.1) is 0 Å². The Morgan fingerprint density at radius 3 is 2.18 bits per heavy atom. The molecule has 0 saturated carbocycles. The summed E-state index contributed by atoms with van der Waals surface area (Å²) < 4.78 is 34.0. The van der Waals surface area contributed by atoms with Gasteiger partial charge in [0, 0.05) is 19.8 Å². The number of halogens is 1. The molecular formula is C10H11FNO4P. The Kier molecular flexibility index (Phi) is 4.02. The van der Waals surface area contributed by atoms with Gasteiger partial charge in [0.15, 0.2) is 0 Å². The molecule has 0 aliphatic heterocycles. The second-order valence-electron chi connectivity index (χ2n) is 3.15. The van der Waals surface area contributed by atoms with Crippen LogP contribution in [-0.4, -0.2) is 19.3 Å². The number of rotatable bonds is 4. The van der Waals surface area contributed by atoms with Crippen molar-refractivity contribution in [2.75, 3.05) is 14.2 Å². The van der Waals surface area contributed by atoms with E-state index in [-0.39, 0.29) is 5.56 Å². The van der Waals surface area contributed by atoms with Crippen LogP contribution in [0, 0.1) is 17.1 Å². The zero-order valence-electron chi connectivity index (χ0n) is 9.25. The van der Waals surface area contributed by atoms with Gasteiger partial charge in [-0.25, -0.2) is 4.39 Å². The summed E-state index contributed by atoms with van der Waals surface area (Å²) in [6.07, 6.45) is 0. The topological polar surface area (TPSA) is 79.6 Å². The minimum atomic E-state index is -4.07. The maximum absolute atomic E-state index is 12.7. The monoisotopic (exact) mass is 259 g/mol. The van der Waals surface area contributed by atoms with E-state index in [2.05, 4.69) is 9.05 Å². The molecule has 1 rings (SSSR count). The molecule has 0 fully saturated rings. The number of nitriles is 1. The first-order chi connectivity index (χ1) is 7.93. The molecule has 7 heteroatoms. The summed E-state index contributed by atoms with van der Waals surface area (Å²) in [6, 6.07) is 5.83. The normalized spacial score (nSPS) is 15.0. The lowest BCUT2D eigenvalue weighted by Crippen LogP contribution is -2.25. The van der Waals surface area contributed by atoms with Gasteiger partial charge in [0.05, 0.1) is 0 Å². The van der Waals surface area contributed by atoms with E-state index in [4.69, 9.17) is 5.26 Å². The number of aliphatic hydroxyl groups is 1. The van der Waals surface area contributed by atoms with Crippen LogP contribution in [0.4, 0.5) is 4.39 Å². The van der Waals surface area contributed by atoms with Gasteiger partial charge in [0.25, 0.3) is 5.34 Å². The zero-order valence-corrected chi connectivity index (χ0v) is 10.1. The summed E-state index contributed by atoms with van der Waals surface area (Å²) in [4.78, 5) is 0. The lowest BCUT2D eigenvalue weighted by atomic mass is 10.1. The summed E-state index contributed by atoms with van der Waals surface area (Å²) in [7, 11) is -1.96. The highest BCUT2D eigenvalue weighted by Gasteiger charge is 2.51. The molecule has 0 radical (unpaired) electrons. The minimum absolute atomic E-state index is 0.0616. The van der Waals surface area contributed by atoms with Crippen molar-refractivity contribution in [2.24, 2.45) is 0 Å². The smallest absolute Gasteiger partial charge is 0.362 e. The average molecular weight is 259 g/mol. The van der Waals surface area contributed by atoms with E-state index >= 15 is 0 Å². The van der Waals surface area contributed by atoms with Gasteiger partial charge in [-0.05, 0) is 12.1 Å².